The average molecular weight is 239 g/mol. The lowest BCUT2D eigenvalue weighted by Crippen LogP contribution is -2.43. The van der Waals surface area contributed by atoms with E-state index in [0.717, 1.165) is 18.9 Å². The molecule has 1 saturated carbocycles. The molecule has 0 aliphatic heterocycles. The van der Waals surface area contributed by atoms with E-state index in [1.165, 1.54) is 31.4 Å². The Balaban J connectivity index is 1.97. The molecule has 1 fully saturated rings. The van der Waals surface area contributed by atoms with Crippen LogP contribution in [0.4, 0.5) is 8.78 Å². The third-order valence-electron chi connectivity index (χ3n) is 3.68. The van der Waals surface area contributed by atoms with Gasteiger partial charge in [-0.05, 0) is 25.8 Å². The standard InChI is InChI=1S/C14H19F2N/c1-14(7-3-2-4-8-14)17-10-11-5-6-12(15)9-13(11)16/h5-6,9,17H,2-4,7-8,10H2,1H3. The number of halogens is 2. The normalized spacial score (nSPS) is 19.2. The summed E-state index contributed by atoms with van der Waals surface area (Å²) in [6.07, 6.45) is 6.03. The van der Waals surface area contributed by atoms with Crippen LogP contribution >= 0.6 is 0 Å². The maximum atomic E-state index is 13.4. The van der Waals surface area contributed by atoms with E-state index < -0.39 is 11.6 Å². The summed E-state index contributed by atoms with van der Waals surface area (Å²) < 4.78 is 26.2. The Morgan fingerprint density at radius 2 is 1.88 bits per heavy atom. The Hall–Kier alpha value is -0.960. The fourth-order valence-corrected chi connectivity index (χ4v) is 2.48. The largest absolute Gasteiger partial charge is 0.307 e. The minimum atomic E-state index is -0.518. The number of benzene rings is 1. The van der Waals surface area contributed by atoms with E-state index >= 15 is 0 Å². The summed E-state index contributed by atoms with van der Waals surface area (Å²) in [5, 5.41) is 3.41. The fraction of sp³-hybridized carbons (Fsp3) is 0.571. The first kappa shape index (κ1) is 12.5. The van der Waals surface area contributed by atoms with Gasteiger partial charge in [0, 0.05) is 23.7 Å². The number of nitrogens with one attached hydrogen (secondary N) is 1. The van der Waals surface area contributed by atoms with Gasteiger partial charge in [-0.15, -0.1) is 0 Å². The maximum absolute atomic E-state index is 13.4. The van der Waals surface area contributed by atoms with Gasteiger partial charge in [0.05, 0.1) is 0 Å². The zero-order valence-corrected chi connectivity index (χ0v) is 10.2. The second-order valence-electron chi connectivity index (χ2n) is 5.21. The van der Waals surface area contributed by atoms with Crippen molar-refractivity contribution < 1.29 is 8.78 Å². The predicted octanol–water partition coefficient (Wildman–Crippen LogP) is 3.78. The molecule has 0 saturated heterocycles. The molecule has 1 aromatic carbocycles. The van der Waals surface area contributed by atoms with Crippen LogP contribution in [-0.2, 0) is 6.54 Å². The molecular formula is C14H19F2N. The molecule has 1 nitrogen and oxygen atoms in total. The van der Waals surface area contributed by atoms with Crippen molar-refractivity contribution in [2.75, 3.05) is 0 Å². The van der Waals surface area contributed by atoms with E-state index in [4.69, 9.17) is 0 Å². The van der Waals surface area contributed by atoms with Crippen LogP contribution in [0.2, 0.25) is 0 Å². The molecule has 1 aromatic rings. The molecule has 94 valence electrons. The summed E-state index contributed by atoms with van der Waals surface area (Å²) >= 11 is 0. The summed E-state index contributed by atoms with van der Waals surface area (Å²) in [4.78, 5) is 0. The van der Waals surface area contributed by atoms with Crippen molar-refractivity contribution in [3.05, 3.63) is 35.4 Å². The molecule has 17 heavy (non-hydrogen) atoms. The van der Waals surface area contributed by atoms with E-state index in [9.17, 15) is 8.78 Å². The van der Waals surface area contributed by atoms with E-state index in [0.29, 0.717) is 12.1 Å². The van der Waals surface area contributed by atoms with E-state index in [1.54, 1.807) is 0 Å². The molecule has 0 radical (unpaired) electrons. The molecule has 0 atom stereocenters. The Labute approximate surface area is 101 Å². The minimum absolute atomic E-state index is 0.110. The summed E-state index contributed by atoms with van der Waals surface area (Å²) in [6, 6.07) is 3.77. The van der Waals surface area contributed by atoms with E-state index in [2.05, 4.69) is 12.2 Å². The van der Waals surface area contributed by atoms with Crippen LogP contribution in [0.3, 0.4) is 0 Å². The molecule has 0 heterocycles. The first-order chi connectivity index (χ1) is 8.09. The quantitative estimate of drug-likeness (QED) is 0.846. The van der Waals surface area contributed by atoms with Crippen molar-refractivity contribution in [2.24, 2.45) is 0 Å². The monoisotopic (exact) mass is 239 g/mol. The van der Waals surface area contributed by atoms with Crippen molar-refractivity contribution in [3.63, 3.8) is 0 Å². The molecule has 3 heteroatoms. The van der Waals surface area contributed by atoms with Gasteiger partial charge in [-0.3, -0.25) is 0 Å². The number of rotatable bonds is 3. The van der Waals surface area contributed by atoms with Crippen molar-refractivity contribution >= 4 is 0 Å². The summed E-state index contributed by atoms with van der Waals surface area (Å²) in [7, 11) is 0. The highest BCUT2D eigenvalue weighted by Gasteiger charge is 2.25. The lowest BCUT2D eigenvalue weighted by molar-refractivity contribution is 0.251. The van der Waals surface area contributed by atoms with Crippen molar-refractivity contribution in [2.45, 2.75) is 51.1 Å². The third kappa shape index (κ3) is 3.25. The molecule has 0 bridgehead atoms. The molecular weight excluding hydrogens is 220 g/mol. The lowest BCUT2D eigenvalue weighted by Gasteiger charge is -2.34. The molecule has 2 rings (SSSR count). The molecule has 0 aromatic heterocycles. The average Bonchev–Trinajstić information content (AvgIpc) is 2.29. The highest BCUT2D eigenvalue weighted by Crippen LogP contribution is 2.28. The topological polar surface area (TPSA) is 12.0 Å². The van der Waals surface area contributed by atoms with Crippen LogP contribution in [0.15, 0.2) is 18.2 Å². The minimum Gasteiger partial charge on any atom is -0.307 e. The zero-order chi connectivity index (χ0) is 12.3. The van der Waals surface area contributed by atoms with Gasteiger partial charge in [0.15, 0.2) is 0 Å². The van der Waals surface area contributed by atoms with Gasteiger partial charge < -0.3 is 5.32 Å². The highest BCUT2D eigenvalue weighted by atomic mass is 19.1. The van der Waals surface area contributed by atoms with Crippen LogP contribution in [0, 0.1) is 11.6 Å². The Morgan fingerprint density at radius 3 is 2.53 bits per heavy atom. The van der Waals surface area contributed by atoms with Crippen molar-refractivity contribution in [3.8, 4) is 0 Å². The SMILES string of the molecule is CC1(NCc2ccc(F)cc2F)CCCCC1. The molecule has 1 aliphatic carbocycles. The zero-order valence-electron chi connectivity index (χ0n) is 10.2. The predicted molar refractivity (Wildman–Crippen MR) is 64.7 cm³/mol. The van der Waals surface area contributed by atoms with Gasteiger partial charge in [-0.2, -0.15) is 0 Å². The van der Waals surface area contributed by atoms with Gasteiger partial charge in [0.2, 0.25) is 0 Å². The second kappa shape index (κ2) is 5.13. The summed E-state index contributed by atoms with van der Waals surface area (Å²) in [6.45, 7) is 2.66. The molecule has 0 amide bonds. The van der Waals surface area contributed by atoms with Crippen LogP contribution in [0.25, 0.3) is 0 Å². The first-order valence-electron chi connectivity index (χ1n) is 6.28. The maximum Gasteiger partial charge on any atom is 0.130 e. The molecule has 0 spiro atoms. The third-order valence-corrected chi connectivity index (χ3v) is 3.68. The smallest absolute Gasteiger partial charge is 0.130 e. The fourth-order valence-electron chi connectivity index (χ4n) is 2.48. The van der Waals surface area contributed by atoms with Crippen LogP contribution in [0.1, 0.15) is 44.6 Å². The van der Waals surface area contributed by atoms with Crippen LogP contribution < -0.4 is 5.32 Å². The Bertz CT molecular complexity index is 384. The molecule has 1 aliphatic rings. The Morgan fingerprint density at radius 1 is 1.18 bits per heavy atom. The number of hydrogen-bond acceptors (Lipinski definition) is 1. The van der Waals surface area contributed by atoms with E-state index in [1.807, 2.05) is 0 Å². The highest BCUT2D eigenvalue weighted by molar-refractivity contribution is 5.18. The van der Waals surface area contributed by atoms with Gasteiger partial charge in [-0.1, -0.05) is 25.3 Å². The van der Waals surface area contributed by atoms with Crippen molar-refractivity contribution in [1.82, 2.24) is 5.32 Å². The summed E-state index contributed by atoms with van der Waals surface area (Å²) in [5.41, 5.74) is 0.650. The second-order valence-corrected chi connectivity index (χ2v) is 5.21. The lowest BCUT2D eigenvalue weighted by atomic mass is 9.83. The first-order valence-corrected chi connectivity index (χ1v) is 6.28. The van der Waals surface area contributed by atoms with Crippen molar-refractivity contribution in [1.29, 1.82) is 0 Å². The molecule has 0 unspecified atom stereocenters. The van der Waals surface area contributed by atoms with Crippen LogP contribution in [-0.4, -0.2) is 5.54 Å². The van der Waals surface area contributed by atoms with Gasteiger partial charge in [-0.25, -0.2) is 8.78 Å². The van der Waals surface area contributed by atoms with Crippen LogP contribution in [0.5, 0.6) is 0 Å². The van der Waals surface area contributed by atoms with Gasteiger partial charge in [0.1, 0.15) is 11.6 Å². The molecule has 1 N–H and O–H groups in total. The van der Waals surface area contributed by atoms with Gasteiger partial charge in [0.25, 0.3) is 0 Å². The summed E-state index contributed by atoms with van der Waals surface area (Å²) in [5.74, 6) is -0.980. The van der Waals surface area contributed by atoms with E-state index in [-0.39, 0.29) is 5.54 Å². The van der Waals surface area contributed by atoms with Gasteiger partial charge >= 0.3 is 0 Å². The number of hydrogen-bond donors (Lipinski definition) is 1. The Kier molecular flexibility index (Phi) is 3.77.